The maximum atomic E-state index is 13.0. The van der Waals surface area contributed by atoms with Crippen LogP contribution in [0.3, 0.4) is 0 Å². The zero-order valence-electron chi connectivity index (χ0n) is 29.6. The van der Waals surface area contributed by atoms with Gasteiger partial charge in [-0.2, -0.15) is 0 Å². The zero-order chi connectivity index (χ0) is 36.4. The van der Waals surface area contributed by atoms with Crippen molar-refractivity contribution in [3.8, 4) is 5.75 Å². The van der Waals surface area contributed by atoms with E-state index in [4.69, 9.17) is 25.7 Å². The van der Waals surface area contributed by atoms with Crippen LogP contribution in [-0.4, -0.2) is 72.3 Å². The molecule has 0 atom stereocenters. The van der Waals surface area contributed by atoms with Crippen molar-refractivity contribution in [3.63, 3.8) is 0 Å². The molecule has 2 amide bonds. The maximum absolute atomic E-state index is 13.0. The van der Waals surface area contributed by atoms with Crippen LogP contribution in [0, 0.1) is 28.6 Å². The number of rotatable bonds is 11. The first kappa shape index (κ1) is 37.2. The topological polar surface area (TPSA) is 152 Å². The maximum Gasteiger partial charge on any atom is 0.324 e. The molecule has 1 saturated heterocycles. The third-order valence-electron chi connectivity index (χ3n) is 8.20. The predicted molar refractivity (Wildman–Crippen MR) is 205 cm³/mol. The Labute approximate surface area is 303 Å². The number of amidine groups is 1. The Morgan fingerprint density at radius 3 is 2.37 bits per heavy atom. The van der Waals surface area contributed by atoms with E-state index in [2.05, 4.69) is 20.5 Å². The van der Waals surface area contributed by atoms with E-state index in [9.17, 15) is 4.79 Å². The fraction of sp³-hybridized carbons (Fsp3) is 0.308. The lowest BCUT2D eigenvalue weighted by Crippen LogP contribution is -2.38. The minimum atomic E-state index is -0.444. The molecule has 51 heavy (non-hydrogen) atoms. The number of hydrogen-bond acceptors (Lipinski definition) is 9. The molecular weight excluding hydrogens is 661 g/mol. The summed E-state index contributed by atoms with van der Waals surface area (Å²) in [5.74, 6) is 1.25. The molecule has 1 aliphatic heterocycles. The molecule has 12 heteroatoms. The number of nitrogens with zero attached hydrogens (tertiary/aromatic N) is 3. The van der Waals surface area contributed by atoms with E-state index in [1.165, 1.54) is 11.8 Å². The van der Waals surface area contributed by atoms with Crippen molar-refractivity contribution in [2.24, 2.45) is 10.4 Å². The highest BCUT2D eigenvalue weighted by Crippen LogP contribution is 2.28. The molecule has 0 aliphatic carbocycles. The van der Waals surface area contributed by atoms with Crippen molar-refractivity contribution in [1.29, 1.82) is 16.2 Å². The summed E-state index contributed by atoms with van der Waals surface area (Å²) < 4.78 is 12.9. The van der Waals surface area contributed by atoms with Gasteiger partial charge in [0.1, 0.15) is 29.5 Å². The molecule has 5 N–H and O–H groups in total. The number of ether oxygens (including phenoxy) is 2. The quantitative estimate of drug-likeness (QED) is 0.0818. The molecular formula is C39H46N8O3S. The van der Waals surface area contributed by atoms with E-state index in [0.29, 0.717) is 40.8 Å². The lowest BCUT2D eigenvalue weighted by Gasteiger charge is -2.26. The number of morpholine rings is 1. The van der Waals surface area contributed by atoms with Gasteiger partial charge >= 0.3 is 6.03 Å². The third-order valence-corrected chi connectivity index (χ3v) is 9.19. The Balaban J connectivity index is 1.20. The van der Waals surface area contributed by atoms with Gasteiger partial charge in [0.05, 0.1) is 18.9 Å². The highest BCUT2D eigenvalue weighted by Gasteiger charge is 2.20. The van der Waals surface area contributed by atoms with Crippen LogP contribution in [0.15, 0.2) is 106 Å². The van der Waals surface area contributed by atoms with E-state index < -0.39 is 6.03 Å². The van der Waals surface area contributed by atoms with Gasteiger partial charge in [-0.15, -0.1) is 0 Å². The van der Waals surface area contributed by atoms with E-state index in [1.807, 2.05) is 107 Å². The van der Waals surface area contributed by atoms with Crippen LogP contribution in [0.4, 0.5) is 16.2 Å². The second-order valence-corrected chi connectivity index (χ2v) is 14.5. The fourth-order valence-electron chi connectivity index (χ4n) is 5.07. The smallest absolute Gasteiger partial charge is 0.324 e. The predicted octanol–water partition coefficient (Wildman–Crippen LogP) is 7.32. The molecule has 0 spiro atoms. The van der Waals surface area contributed by atoms with E-state index in [-0.39, 0.29) is 23.2 Å². The lowest BCUT2D eigenvalue weighted by atomic mass is 9.88. The van der Waals surface area contributed by atoms with E-state index in [0.717, 1.165) is 48.2 Å². The second-order valence-electron chi connectivity index (χ2n) is 13.3. The first-order valence-corrected chi connectivity index (χ1v) is 17.7. The summed E-state index contributed by atoms with van der Waals surface area (Å²) in [5.41, 5.74) is 3.35. The normalized spacial score (nSPS) is 13.8. The van der Waals surface area contributed by atoms with Gasteiger partial charge in [0.15, 0.2) is 0 Å². The number of urea groups is 1. The van der Waals surface area contributed by atoms with Crippen molar-refractivity contribution < 1.29 is 14.3 Å². The number of amides is 2. The average molecular weight is 707 g/mol. The van der Waals surface area contributed by atoms with Crippen LogP contribution in [0.2, 0.25) is 0 Å². The molecule has 11 nitrogen and oxygen atoms in total. The third kappa shape index (κ3) is 11.2. The van der Waals surface area contributed by atoms with Crippen LogP contribution >= 0.6 is 11.8 Å². The molecule has 266 valence electrons. The SMILES string of the molecule is Cc1ccc(N=C(CC(=N)C(C)(C)C)NC(=O)Nc2ccc(Sc3ccc(=N)n(C(=N)c4cccc(OCCN5CCOCC5)c4)c3)cc2)cc1. The monoisotopic (exact) mass is 706 g/mol. The molecule has 0 saturated carbocycles. The number of aromatic nitrogens is 1. The number of pyridine rings is 1. The van der Waals surface area contributed by atoms with Gasteiger partial charge in [0.25, 0.3) is 0 Å². The average Bonchev–Trinajstić information content (AvgIpc) is 3.11. The van der Waals surface area contributed by atoms with Crippen molar-refractivity contribution in [1.82, 2.24) is 14.8 Å². The molecule has 1 aliphatic rings. The molecule has 0 radical (unpaired) electrons. The number of carbonyl (C=O) groups is 1. The highest BCUT2D eigenvalue weighted by atomic mass is 32.2. The molecule has 1 fully saturated rings. The fourth-order valence-corrected chi connectivity index (χ4v) is 5.91. The molecule has 0 unspecified atom stereocenters. The summed E-state index contributed by atoms with van der Waals surface area (Å²) in [4.78, 5) is 21.7. The number of hydrogen-bond donors (Lipinski definition) is 5. The van der Waals surface area contributed by atoms with Crippen LogP contribution in [0.5, 0.6) is 5.75 Å². The van der Waals surface area contributed by atoms with E-state index >= 15 is 0 Å². The van der Waals surface area contributed by atoms with Gasteiger partial charge in [0.2, 0.25) is 0 Å². The number of benzene rings is 3. The molecule has 0 bridgehead atoms. The van der Waals surface area contributed by atoms with Crippen LogP contribution in [-0.2, 0) is 4.74 Å². The van der Waals surface area contributed by atoms with Gasteiger partial charge in [-0.1, -0.05) is 62.4 Å². The summed E-state index contributed by atoms with van der Waals surface area (Å²) in [6.07, 6.45) is 1.99. The molecule has 4 aromatic rings. The van der Waals surface area contributed by atoms with Crippen molar-refractivity contribution in [2.75, 3.05) is 44.8 Å². The molecule has 1 aromatic heterocycles. The largest absolute Gasteiger partial charge is 0.492 e. The Morgan fingerprint density at radius 2 is 1.67 bits per heavy atom. The van der Waals surface area contributed by atoms with Gasteiger partial charge < -0.3 is 20.2 Å². The summed E-state index contributed by atoms with van der Waals surface area (Å²) in [6.45, 7) is 12.6. The van der Waals surface area contributed by atoms with Crippen LogP contribution in [0.1, 0.15) is 38.3 Å². The van der Waals surface area contributed by atoms with Crippen molar-refractivity contribution in [2.45, 2.75) is 43.9 Å². The van der Waals surface area contributed by atoms with Crippen LogP contribution < -0.4 is 20.9 Å². The van der Waals surface area contributed by atoms with Gasteiger partial charge in [0, 0.05) is 59.0 Å². The summed E-state index contributed by atoms with van der Waals surface area (Å²) >= 11 is 1.49. The second kappa shape index (κ2) is 17.3. The van der Waals surface area contributed by atoms with Gasteiger partial charge in [-0.3, -0.25) is 25.6 Å². The highest BCUT2D eigenvalue weighted by molar-refractivity contribution is 7.99. The lowest BCUT2D eigenvalue weighted by molar-refractivity contribution is 0.0322. The Morgan fingerprint density at radius 1 is 0.961 bits per heavy atom. The molecule has 5 rings (SSSR count). The molecule has 2 heterocycles. The number of carbonyl (C=O) groups excluding carboxylic acids is 1. The first-order chi connectivity index (χ1) is 24.4. The van der Waals surface area contributed by atoms with Gasteiger partial charge in [-0.25, -0.2) is 9.79 Å². The molecule has 3 aromatic carbocycles. The van der Waals surface area contributed by atoms with Gasteiger partial charge in [-0.05, 0) is 73.0 Å². The minimum Gasteiger partial charge on any atom is -0.492 e. The Hall–Kier alpha value is -5.04. The van der Waals surface area contributed by atoms with Crippen molar-refractivity contribution in [3.05, 3.63) is 108 Å². The number of nitrogens with one attached hydrogen (secondary N) is 5. The Kier molecular flexibility index (Phi) is 12.6. The Bertz CT molecular complexity index is 1930. The minimum absolute atomic E-state index is 0.176. The number of anilines is 1. The number of aliphatic imine (C=N–C) groups is 1. The summed E-state index contributed by atoms with van der Waals surface area (Å²) in [5, 5.41) is 31.6. The summed E-state index contributed by atoms with van der Waals surface area (Å²) in [7, 11) is 0. The van der Waals surface area contributed by atoms with Crippen molar-refractivity contribution >= 4 is 46.6 Å². The van der Waals surface area contributed by atoms with Crippen LogP contribution in [0.25, 0.3) is 0 Å². The zero-order valence-corrected chi connectivity index (χ0v) is 30.4. The summed E-state index contributed by atoms with van der Waals surface area (Å²) in [6, 6.07) is 25.6. The standard InChI is InChI=1S/C39H46N8O3S/c1-27-8-10-29(11-9-27)43-36(25-34(40)39(2,3)4)45-38(48)44-30-12-14-32(15-13-30)51-33-16-17-35(41)47(26-33)37(42)28-6-5-7-31(24-28)50-23-20-46-18-21-49-22-19-46/h5-17,24,26,40-42H,18-23,25H2,1-4H3,(H2,43,44,45,48). The number of aryl methyl sites for hydroxylation is 1. The first-order valence-electron chi connectivity index (χ1n) is 16.9. The van der Waals surface area contributed by atoms with E-state index in [1.54, 1.807) is 16.8 Å².